The van der Waals surface area contributed by atoms with Crippen LogP contribution in [0, 0.1) is 0 Å². The fourth-order valence-electron chi connectivity index (χ4n) is 2.46. The Kier molecular flexibility index (Phi) is 4.65. The van der Waals surface area contributed by atoms with E-state index < -0.39 is 5.97 Å². The van der Waals surface area contributed by atoms with Crippen LogP contribution in [0.25, 0.3) is 11.0 Å². The van der Waals surface area contributed by atoms with Gasteiger partial charge in [0.25, 0.3) is 5.91 Å². The van der Waals surface area contributed by atoms with Crippen molar-refractivity contribution in [1.29, 1.82) is 0 Å². The maximum atomic E-state index is 12.6. The Morgan fingerprint density at radius 3 is 2.84 bits per heavy atom. The molecule has 1 amide bonds. The zero-order valence-electron chi connectivity index (χ0n) is 13.8. The zero-order chi connectivity index (χ0) is 17.8. The average molecular weight is 339 g/mol. The molecule has 3 rings (SSSR count). The SMILES string of the molecule is CCOC(=O)c1[nH]c2ncccc2c1NC(=O)c1cccc(OC)c1. The summed E-state index contributed by atoms with van der Waals surface area (Å²) in [5, 5.41) is 3.40. The summed E-state index contributed by atoms with van der Waals surface area (Å²) in [6.45, 7) is 1.94. The van der Waals surface area contributed by atoms with Crippen LogP contribution in [-0.2, 0) is 4.74 Å². The third kappa shape index (κ3) is 3.30. The van der Waals surface area contributed by atoms with Crippen LogP contribution in [0.5, 0.6) is 5.75 Å². The number of aromatic amines is 1. The van der Waals surface area contributed by atoms with Gasteiger partial charge in [0.05, 0.1) is 19.4 Å². The number of methoxy groups -OCH3 is 1. The molecule has 0 fully saturated rings. The minimum Gasteiger partial charge on any atom is -0.497 e. The molecule has 7 heteroatoms. The molecule has 0 unspecified atom stereocenters. The molecule has 0 saturated heterocycles. The van der Waals surface area contributed by atoms with E-state index in [0.717, 1.165) is 0 Å². The van der Waals surface area contributed by atoms with Crippen LogP contribution < -0.4 is 10.1 Å². The highest BCUT2D eigenvalue weighted by molar-refractivity contribution is 6.14. The number of hydrogen-bond acceptors (Lipinski definition) is 5. The molecule has 0 saturated carbocycles. The first kappa shape index (κ1) is 16.5. The lowest BCUT2D eigenvalue weighted by molar-refractivity contribution is 0.0522. The molecule has 0 aliphatic heterocycles. The number of anilines is 1. The highest BCUT2D eigenvalue weighted by Gasteiger charge is 2.21. The largest absolute Gasteiger partial charge is 0.497 e. The van der Waals surface area contributed by atoms with Gasteiger partial charge >= 0.3 is 5.97 Å². The summed E-state index contributed by atoms with van der Waals surface area (Å²) in [5.74, 6) is -0.352. The number of hydrogen-bond donors (Lipinski definition) is 2. The van der Waals surface area contributed by atoms with Gasteiger partial charge in [-0.2, -0.15) is 0 Å². The van der Waals surface area contributed by atoms with E-state index in [1.54, 1.807) is 49.5 Å². The summed E-state index contributed by atoms with van der Waals surface area (Å²) in [5.41, 5.74) is 1.40. The lowest BCUT2D eigenvalue weighted by atomic mass is 10.2. The number of ether oxygens (including phenoxy) is 2. The normalized spacial score (nSPS) is 10.5. The Morgan fingerprint density at radius 1 is 1.24 bits per heavy atom. The number of carbonyl (C=O) groups is 2. The van der Waals surface area contributed by atoms with Gasteiger partial charge in [-0.3, -0.25) is 4.79 Å². The Hall–Kier alpha value is -3.35. The molecule has 7 nitrogen and oxygen atoms in total. The number of pyridine rings is 1. The molecule has 1 aromatic carbocycles. The smallest absolute Gasteiger partial charge is 0.356 e. The average Bonchev–Trinajstić information content (AvgIpc) is 3.00. The van der Waals surface area contributed by atoms with E-state index in [0.29, 0.717) is 28.0 Å². The van der Waals surface area contributed by atoms with Crippen molar-refractivity contribution in [3.05, 3.63) is 53.9 Å². The predicted molar refractivity (Wildman–Crippen MR) is 93.0 cm³/mol. The second-order valence-corrected chi connectivity index (χ2v) is 5.18. The number of rotatable bonds is 5. The van der Waals surface area contributed by atoms with E-state index in [4.69, 9.17) is 9.47 Å². The summed E-state index contributed by atoms with van der Waals surface area (Å²) in [6.07, 6.45) is 1.60. The summed E-state index contributed by atoms with van der Waals surface area (Å²) >= 11 is 0. The van der Waals surface area contributed by atoms with Crippen LogP contribution in [0.2, 0.25) is 0 Å². The summed E-state index contributed by atoms with van der Waals surface area (Å²) < 4.78 is 10.2. The van der Waals surface area contributed by atoms with Crippen molar-refractivity contribution in [2.24, 2.45) is 0 Å². The van der Waals surface area contributed by atoms with Crippen molar-refractivity contribution in [2.45, 2.75) is 6.92 Å². The number of esters is 1. The number of amides is 1. The van der Waals surface area contributed by atoms with Crippen molar-refractivity contribution in [3.63, 3.8) is 0 Å². The number of nitrogens with zero attached hydrogens (tertiary/aromatic N) is 1. The van der Waals surface area contributed by atoms with E-state index in [-0.39, 0.29) is 18.2 Å². The summed E-state index contributed by atoms with van der Waals surface area (Å²) in [4.78, 5) is 31.9. The maximum Gasteiger partial charge on any atom is 0.356 e. The lowest BCUT2D eigenvalue weighted by Crippen LogP contribution is -2.15. The van der Waals surface area contributed by atoms with E-state index in [1.807, 2.05) is 0 Å². The van der Waals surface area contributed by atoms with Gasteiger partial charge in [-0.05, 0) is 37.3 Å². The van der Waals surface area contributed by atoms with E-state index in [1.165, 1.54) is 7.11 Å². The standard InChI is InChI=1S/C18H17N3O4/c1-3-25-18(23)15-14(13-8-5-9-19-16(13)20-15)21-17(22)11-6-4-7-12(10-11)24-2/h4-10H,3H2,1-2H3,(H,19,20)(H,21,22). The second-order valence-electron chi connectivity index (χ2n) is 5.18. The molecule has 128 valence electrons. The fraction of sp³-hybridized carbons (Fsp3) is 0.167. The van der Waals surface area contributed by atoms with Crippen LogP contribution >= 0.6 is 0 Å². The molecule has 0 bridgehead atoms. The third-order valence-electron chi connectivity index (χ3n) is 3.62. The lowest BCUT2D eigenvalue weighted by Gasteiger charge is -2.08. The van der Waals surface area contributed by atoms with E-state index in [2.05, 4.69) is 15.3 Å². The minimum absolute atomic E-state index is 0.159. The number of benzene rings is 1. The van der Waals surface area contributed by atoms with Crippen molar-refractivity contribution in [1.82, 2.24) is 9.97 Å². The first-order valence-corrected chi connectivity index (χ1v) is 7.73. The number of carbonyl (C=O) groups excluding carboxylic acids is 2. The van der Waals surface area contributed by atoms with E-state index >= 15 is 0 Å². The summed E-state index contributed by atoms with van der Waals surface area (Å²) in [7, 11) is 1.53. The summed E-state index contributed by atoms with van der Waals surface area (Å²) in [6, 6.07) is 10.2. The molecule has 0 atom stereocenters. The highest BCUT2D eigenvalue weighted by atomic mass is 16.5. The molecule has 3 aromatic rings. The van der Waals surface area contributed by atoms with Crippen molar-refractivity contribution in [3.8, 4) is 5.75 Å². The first-order chi connectivity index (χ1) is 12.1. The Balaban J connectivity index is 2.00. The number of nitrogens with one attached hydrogen (secondary N) is 2. The van der Waals surface area contributed by atoms with Crippen LogP contribution in [0.1, 0.15) is 27.8 Å². The zero-order valence-corrected chi connectivity index (χ0v) is 13.8. The van der Waals surface area contributed by atoms with Crippen LogP contribution in [-0.4, -0.2) is 35.6 Å². The molecule has 0 spiro atoms. The van der Waals surface area contributed by atoms with Gasteiger partial charge < -0.3 is 19.8 Å². The molecule has 0 aliphatic carbocycles. The highest BCUT2D eigenvalue weighted by Crippen LogP contribution is 2.28. The van der Waals surface area contributed by atoms with Gasteiger partial charge in [-0.25, -0.2) is 9.78 Å². The molecule has 0 aliphatic rings. The fourth-order valence-corrected chi connectivity index (χ4v) is 2.46. The van der Waals surface area contributed by atoms with Gasteiger partial charge in [0.2, 0.25) is 0 Å². The minimum atomic E-state index is -0.554. The Morgan fingerprint density at radius 2 is 2.08 bits per heavy atom. The van der Waals surface area contributed by atoms with Gasteiger partial charge in [-0.15, -0.1) is 0 Å². The van der Waals surface area contributed by atoms with Crippen molar-refractivity contribution >= 4 is 28.6 Å². The topological polar surface area (TPSA) is 93.3 Å². The molecule has 2 N–H and O–H groups in total. The van der Waals surface area contributed by atoms with Crippen LogP contribution in [0.15, 0.2) is 42.6 Å². The van der Waals surface area contributed by atoms with Gasteiger partial charge in [0.15, 0.2) is 5.69 Å². The molecule has 25 heavy (non-hydrogen) atoms. The molecule has 2 aromatic heterocycles. The predicted octanol–water partition coefficient (Wildman–Crippen LogP) is 3.00. The Bertz CT molecular complexity index is 933. The molecular formula is C18H17N3O4. The van der Waals surface area contributed by atoms with Gasteiger partial charge in [-0.1, -0.05) is 6.07 Å². The number of H-pyrrole nitrogens is 1. The molecule has 0 radical (unpaired) electrons. The van der Waals surface area contributed by atoms with Crippen LogP contribution in [0.3, 0.4) is 0 Å². The van der Waals surface area contributed by atoms with Crippen molar-refractivity contribution < 1.29 is 19.1 Å². The van der Waals surface area contributed by atoms with Gasteiger partial charge in [0, 0.05) is 17.1 Å². The van der Waals surface area contributed by atoms with Crippen molar-refractivity contribution in [2.75, 3.05) is 19.0 Å². The second kappa shape index (κ2) is 7.04. The number of fused-ring (bicyclic) bond motifs is 1. The quantitative estimate of drug-likeness (QED) is 0.697. The van der Waals surface area contributed by atoms with E-state index in [9.17, 15) is 9.59 Å². The molecule has 2 heterocycles. The van der Waals surface area contributed by atoms with Crippen LogP contribution in [0.4, 0.5) is 5.69 Å². The molecular weight excluding hydrogens is 322 g/mol. The maximum absolute atomic E-state index is 12.6. The number of aromatic nitrogens is 2. The van der Waals surface area contributed by atoms with Gasteiger partial charge in [0.1, 0.15) is 11.4 Å². The Labute approximate surface area is 144 Å². The third-order valence-corrected chi connectivity index (χ3v) is 3.62. The first-order valence-electron chi connectivity index (χ1n) is 7.73. The monoisotopic (exact) mass is 339 g/mol.